The molecule has 1 aromatic carbocycles. The van der Waals surface area contributed by atoms with Gasteiger partial charge in [0.1, 0.15) is 23.4 Å². The van der Waals surface area contributed by atoms with Crippen LogP contribution >= 0.6 is 12.4 Å². The zero-order valence-electron chi connectivity index (χ0n) is 15.1. The maximum Gasteiger partial charge on any atom is 0.433 e. The first kappa shape index (κ1) is 21.3. The largest absolute Gasteiger partial charge is 0.489 e. The molecular formula is C20H18ClF4N3O. The third-order valence-corrected chi connectivity index (χ3v) is 4.87. The Labute approximate surface area is 170 Å². The Balaban J connectivity index is 0.00000240. The van der Waals surface area contributed by atoms with Crippen molar-refractivity contribution in [3.05, 3.63) is 66.0 Å². The number of hydrogen-bond acceptors (Lipinski definition) is 4. The molecule has 1 aliphatic carbocycles. The SMILES string of the molecule is Cl.Fc1ccc2cnccc2c1CNC1CC(Oc2ccc(C(F)(F)F)nc2)C1. The molecule has 1 fully saturated rings. The third kappa shape index (κ3) is 4.76. The van der Waals surface area contributed by atoms with Crippen molar-refractivity contribution in [2.75, 3.05) is 0 Å². The molecule has 2 heterocycles. The lowest BCUT2D eigenvalue weighted by Crippen LogP contribution is -2.46. The van der Waals surface area contributed by atoms with Crippen molar-refractivity contribution < 1.29 is 22.3 Å². The van der Waals surface area contributed by atoms with E-state index in [1.54, 1.807) is 24.5 Å². The van der Waals surface area contributed by atoms with Crippen LogP contribution in [0.2, 0.25) is 0 Å². The van der Waals surface area contributed by atoms with E-state index in [4.69, 9.17) is 4.74 Å². The molecule has 4 nitrogen and oxygen atoms in total. The smallest absolute Gasteiger partial charge is 0.433 e. The Morgan fingerprint density at radius 3 is 2.55 bits per heavy atom. The lowest BCUT2D eigenvalue weighted by Gasteiger charge is -2.36. The Morgan fingerprint density at radius 1 is 1.07 bits per heavy atom. The molecule has 0 bridgehead atoms. The minimum Gasteiger partial charge on any atom is -0.489 e. The molecule has 0 atom stereocenters. The molecule has 1 saturated carbocycles. The number of fused-ring (bicyclic) bond motifs is 1. The maximum absolute atomic E-state index is 14.2. The van der Waals surface area contributed by atoms with E-state index in [-0.39, 0.29) is 30.4 Å². The van der Waals surface area contributed by atoms with Crippen LogP contribution in [0.15, 0.2) is 48.9 Å². The average molecular weight is 428 g/mol. The van der Waals surface area contributed by atoms with Crippen LogP contribution < -0.4 is 10.1 Å². The Bertz CT molecular complexity index is 976. The summed E-state index contributed by atoms with van der Waals surface area (Å²) >= 11 is 0. The summed E-state index contributed by atoms with van der Waals surface area (Å²) in [4.78, 5) is 7.43. The van der Waals surface area contributed by atoms with Gasteiger partial charge in [-0.2, -0.15) is 13.2 Å². The highest BCUT2D eigenvalue weighted by atomic mass is 35.5. The standard InChI is InChI=1S/C20H17F4N3O.ClH/c21-18-3-1-12-9-25-6-5-16(12)17(18)11-26-13-7-15(8-13)28-14-2-4-19(27-10-14)20(22,23)24;/h1-6,9-10,13,15,26H,7-8,11H2;1H. The summed E-state index contributed by atoms with van der Waals surface area (Å²) in [5.41, 5.74) is -0.350. The van der Waals surface area contributed by atoms with Crippen LogP contribution in [0, 0.1) is 5.82 Å². The molecule has 0 spiro atoms. The van der Waals surface area contributed by atoms with E-state index in [0.717, 1.165) is 23.0 Å². The molecule has 1 N–H and O–H groups in total. The molecule has 3 aromatic rings. The normalized spacial score (nSPS) is 18.8. The first-order chi connectivity index (χ1) is 13.4. The zero-order chi connectivity index (χ0) is 19.7. The molecule has 0 aliphatic heterocycles. The summed E-state index contributed by atoms with van der Waals surface area (Å²) in [5.74, 6) is 0.0400. The lowest BCUT2D eigenvalue weighted by molar-refractivity contribution is -0.141. The predicted molar refractivity (Wildman–Crippen MR) is 102 cm³/mol. The maximum atomic E-state index is 14.2. The van der Waals surface area contributed by atoms with Crippen molar-refractivity contribution >= 4 is 23.2 Å². The number of aromatic nitrogens is 2. The third-order valence-electron chi connectivity index (χ3n) is 4.87. The van der Waals surface area contributed by atoms with Crippen LogP contribution in [0.5, 0.6) is 5.75 Å². The minimum atomic E-state index is -4.46. The highest BCUT2D eigenvalue weighted by molar-refractivity contribution is 5.85. The molecule has 1 aliphatic rings. The fraction of sp³-hybridized carbons (Fsp3) is 0.300. The Kier molecular flexibility index (Phi) is 6.24. The van der Waals surface area contributed by atoms with E-state index in [1.807, 2.05) is 0 Å². The summed E-state index contributed by atoms with van der Waals surface area (Å²) in [6.45, 7) is 0.381. The topological polar surface area (TPSA) is 47.0 Å². The van der Waals surface area contributed by atoms with Crippen molar-refractivity contribution in [2.45, 2.75) is 37.7 Å². The zero-order valence-corrected chi connectivity index (χ0v) is 15.9. The van der Waals surface area contributed by atoms with Gasteiger partial charge in [0, 0.05) is 35.9 Å². The number of ether oxygens (including phenoxy) is 1. The second-order valence-corrected chi connectivity index (χ2v) is 6.79. The first-order valence-electron chi connectivity index (χ1n) is 8.84. The van der Waals surface area contributed by atoms with Crippen LogP contribution in [0.1, 0.15) is 24.1 Å². The molecule has 9 heteroatoms. The summed E-state index contributed by atoms with van der Waals surface area (Å²) in [7, 11) is 0. The number of hydrogen-bond donors (Lipinski definition) is 1. The lowest BCUT2D eigenvalue weighted by atomic mass is 9.89. The number of benzene rings is 1. The average Bonchev–Trinajstić information content (AvgIpc) is 2.64. The molecule has 0 unspecified atom stereocenters. The number of nitrogens with one attached hydrogen (secondary N) is 1. The van der Waals surface area contributed by atoms with Gasteiger partial charge in [-0.1, -0.05) is 0 Å². The molecule has 0 saturated heterocycles. The molecule has 29 heavy (non-hydrogen) atoms. The van der Waals surface area contributed by atoms with Crippen molar-refractivity contribution in [1.82, 2.24) is 15.3 Å². The monoisotopic (exact) mass is 427 g/mol. The Morgan fingerprint density at radius 2 is 1.86 bits per heavy atom. The number of halogens is 5. The van der Waals surface area contributed by atoms with E-state index in [2.05, 4.69) is 15.3 Å². The van der Waals surface area contributed by atoms with Gasteiger partial charge in [0.15, 0.2) is 0 Å². The second-order valence-electron chi connectivity index (χ2n) is 6.79. The van der Waals surface area contributed by atoms with Gasteiger partial charge < -0.3 is 10.1 Å². The number of rotatable bonds is 5. The second kappa shape index (κ2) is 8.51. The molecule has 2 aromatic heterocycles. The summed E-state index contributed by atoms with van der Waals surface area (Å²) < 4.78 is 57.4. The first-order valence-corrected chi connectivity index (χ1v) is 8.84. The van der Waals surface area contributed by atoms with Gasteiger partial charge in [-0.25, -0.2) is 9.37 Å². The summed E-state index contributed by atoms with van der Waals surface area (Å²) in [6, 6.07) is 7.26. The van der Waals surface area contributed by atoms with Crippen molar-refractivity contribution in [3.63, 3.8) is 0 Å². The van der Waals surface area contributed by atoms with Crippen LogP contribution in [0.4, 0.5) is 17.6 Å². The molecule has 0 radical (unpaired) electrons. The van der Waals surface area contributed by atoms with Crippen molar-refractivity contribution in [3.8, 4) is 5.75 Å². The number of alkyl halides is 3. The summed E-state index contributed by atoms with van der Waals surface area (Å²) in [5, 5.41) is 5.01. The van der Waals surface area contributed by atoms with Crippen molar-refractivity contribution in [2.24, 2.45) is 0 Å². The van der Waals surface area contributed by atoms with Gasteiger partial charge in [-0.15, -0.1) is 12.4 Å². The quantitative estimate of drug-likeness (QED) is 0.588. The molecule has 0 amide bonds. The van der Waals surface area contributed by atoms with Gasteiger partial charge in [-0.05, 0) is 48.6 Å². The van der Waals surface area contributed by atoms with E-state index >= 15 is 0 Å². The number of pyridine rings is 2. The van der Waals surface area contributed by atoms with Crippen LogP contribution in [-0.2, 0) is 12.7 Å². The fourth-order valence-corrected chi connectivity index (χ4v) is 3.27. The predicted octanol–water partition coefficient (Wildman–Crippen LogP) is 4.91. The van der Waals surface area contributed by atoms with Crippen LogP contribution in [0.25, 0.3) is 10.8 Å². The van der Waals surface area contributed by atoms with Gasteiger partial charge in [-0.3, -0.25) is 4.98 Å². The highest BCUT2D eigenvalue weighted by Gasteiger charge is 2.33. The Hall–Kier alpha value is -2.45. The van der Waals surface area contributed by atoms with Gasteiger partial charge >= 0.3 is 6.18 Å². The van der Waals surface area contributed by atoms with E-state index in [9.17, 15) is 17.6 Å². The van der Waals surface area contributed by atoms with Gasteiger partial charge in [0.25, 0.3) is 0 Å². The van der Waals surface area contributed by atoms with Crippen LogP contribution in [0.3, 0.4) is 0 Å². The minimum absolute atomic E-state index is 0. The van der Waals surface area contributed by atoms with E-state index < -0.39 is 11.9 Å². The fourth-order valence-electron chi connectivity index (χ4n) is 3.27. The number of nitrogens with zero attached hydrogens (tertiary/aromatic N) is 2. The molecule has 4 rings (SSSR count). The van der Waals surface area contributed by atoms with Gasteiger partial charge in [0.05, 0.1) is 6.20 Å². The highest BCUT2D eigenvalue weighted by Crippen LogP contribution is 2.30. The van der Waals surface area contributed by atoms with Crippen LogP contribution in [-0.4, -0.2) is 22.1 Å². The summed E-state index contributed by atoms with van der Waals surface area (Å²) in [6.07, 6.45) is 1.24. The molecular weight excluding hydrogens is 410 g/mol. The molecule has 154 valence electrons. The van der Waals surface area contributed by atoms with E-state index in [1.165, 1.54) is 12.1 Å². The van der Waals surface area contributed by atoms with Gasteiger partial charge in [0.2, 0.25) is 0 Å². The van der Waals surface area contributed by atoms with E-state index in [0.29, 0.717) is 30.7 Å². The van der Waals surface area contributed by atoms with Crippen molar-refractivity contribution in [1.29, 1.82) is 0 Å².